The van der Waals surface area contributed by atoms with Crippen molar-refractivity contribution < 1.29 is 31.8 Å². The van der Waals surface area contributed by atoms with Crippen molar-refractivity contribution in [3.63, 3.8) is 0 Å². The lowest BCUT2D eigenvalue weighted by molar-refractivity contribution is -0.139. The molecule has 1 aliphatic rings. The van der Waals surface area contributed by atoms with Crippen molar-refractivity contribution >= 4 is 5.69 Å². The lowest BCUT2D eigenvalue weighted by Gasteiger charge is -2.28. The highest BCUT2D eigenvalue weighted by molar-refractivity contribution is 5.55. The van der Waals surface area contributed by atoms with Crippen LogP contribution in [0.4, 0.5) is 23.2 Å². The van der Waals surface area contributed by atoms with Crippen LogP contribution in [0.2, 0.25) is 0 Å². The largest absolute Gasteiger partial charge is 0.493 e. The van der Waals surface area contributed by atoms with E-state index in [0.717, 1.165) is 6.07 Å². The monoisotopic (exact) mass is 413 g/mol. The number of nitrogens with one attached hydrogen (secondary N) is 2. The molecule has 0 fully saturated rings. The predicted molar refractivity (Wildman–Crippen MR) is 98.0 cm³/mol. The quantitative estimate of drug-likeness (QED) is 0.690. The zero-order chi connectivity index (χ0) is 21.2. The molecule has 3 rings (SSSR count). The van der Waals surface area contributed by atoms with Crippen LogP contribution >= 0.6 is 0 Å². The maximum Gasteiger partial charge on any atom is 0.419 e. The smallest absolute Gasteiger partial charge is 0.419 e. The predicted octanol–water partition coefficient (Wildman–Crippen LogP) is 4.27. The van der Waals surface area contributed by atoms with Crippen molar-refractivity contribution in [3.05, 3.63) is 59.7 Å². The number of halogens is 4. The minimum absolute atomic E-state index is 0.0736. The first-order chi connectivity index (χ1) is 13.8. The molecule has 0 saturated carbocycles. The molecule has 1 atom stereocenters. The first kappa shape index (κ1) is 20.4. The summed E-state index contributed by atoms with van der Waals surface area (Å²) in [5, 5.41) is 4.61. The Bertz CT molecular complexity index is 893. The molecule has 0 aromatic heterocycles. The normalized spacial score (nSPS) is 15.8. The average molecular weight is 413 g/mol. The summed E-state index contributed by atoms with van der Waals surface area (Å²) in [6.45, 7) is 0. The van der Waals surface area contributed by atoms with Crippen molar-refractivity contribution in [1.82, 2.24) is 10.3 Å². The van der Waals surface area contributed by atoms with E-state index in [1.54, 1.807) is 24.5 Å². The van der Waals surface area contributed by atoms with Gasteiger partial charge in [0.2, 0.25) is 5.75 Å². The van der Waals surface area contributed by atoms with E-state index in [4.69, 9.17) is 14.2 Å². The summed E-state index contributed by atoms with van der Waals surface area (Å²) in [7, 11) is 4.44. The lowest BCUT2D eigenvalue weighted by Crippen LogP contribution is -2.31. The van der Waals surface area contributed by atoms with E-state index in [9.17, 15) is 17.6 Å². The van der Waals surface area contributed by atoms with E-state index in [-0.39, 0.29) is 5.69 Å². The summed E-state index contributed by atoms with van der Waals surface area (Å²) in [6.07, 6.45) is -2.07. The SMILES string of the molecule is COc1cc(C2NC=CN2Nc2ccc(F)c(C(F)(F)F)c2)cc(OC)c1OC. The zero-order valence-corrected chi connectivity index (χ0v) is 15.8. The van der Waals surface area contributed by atoms with Gasteiger partial charge in [0, 0.05) is 18.0 Å². The number of nitrogens with zero attached hydrogens (tertiary/aromatic N) is 1. The van der Waals surface area contributed by atoms with E-state index in [2.05, 4.69) is 10.7 Å². The third kappa shape index (κ3) is 4.10. The number of hydrogen-bond acceptors (Lipinski definition) is 6. The van der Waals surface area contributed by atoms with E-state index >= 15 is 0 Å². The van der Waals surface area contributed by atoms with Crippen LogP contribution in [0, 0.1) is 5.82 Å². The van der Waals surface area contributed by atoms with Gasteiger partial charge in [0.1, 0.15) is 12.0 Å². The number of alkyl halides is 3. The van der Waals surface area contributed by atoms with Crippen molar-refractivity contribution in [3.8, 4) is 17.2 Å². The molecule has 156 valence electrons. The molecule has 0 spiro atoms. The van der Waals surface area contributed by atoms with Crippen LogP contribution in [0.25, 0.3) is 0 Å². The molecular weight excluding hydrogens is 394 g/mol. The van der Waals surface area contributed by atoms with Gasteiger partial charge in [-0.3, -0.25) is 10.4 Å². The Balaban J connectivity index is 1.91. The highest BCUT2D eigenvalue weighted by atomic mass is 19.4. The Kier molecular flexibility index (Phi) is 5.62. The summed E-state index contributed by atoms with van der Waals surface area (Å²) in [5.41, 5.74) is 2.26. The molecule has 0 amide bonds. The topological polar surface area (TPSA) is 55.0 Å². The van der Waals surface area contributed by atoms with Crippen LogP contribution in [0.5, 0.6) is 17.2 Å². The number of anilines is 1. The fourth-order valence-corrected chi connectivity index (χ4v) is 2.96. The zero-order valence-electron chi connectivity index (χ0n) is 15.8. The highest BCUT2D eigenvalue weighted by Crippen LogP contribution is 2.41. The Hall–Kier alpha value is -3.30. The minimum atomic E-state index is -4.79. The van der Waals surface area contributed by atoms with Crippen LogP contribution in [-0.4, -0.2) is 26.3 Å². The summed E-state index contributed by atoms with van der Waals surface area (Å²) < 4.78 is 68.4. The molecule has 2 aromatic carbocycles. The summed E-state index contributed by atoms with van der Waals surface area (Å²) in [4.78, 5) is 0. The number of hydrogen-bond donors (Lipinski definition) is 2. The first-order valence-corrected chi connectivity index (χ1v) is 8.43. The Morgan fingerprint density at radius 2 is 1.66 bits per heavy atom. The maximum absolute atomic E-state index is 13.5. The van der Waals surface area contributed by atoms with Crippen LogP contribution in [0.15, 0.2) is 42.7 Å². The lowest BCUT2D eigenvalue weighted by atomic mass is 10.1. The average Bonchev–Trinajstić information content (AvgIpc) is 3.15. The minimum Gasteiger partial charge on any atom is -0.493 e. The van der Waals surface area contributed by atoms with Gasteiger partial charge in [-0.25, -0.2) is 4.39 Å². The Morgan fingerprint density at radius 3 is 2.21 bits per heavy atom. The number of methoxy groups -OCH3 is 3. The molecule has 10 heteroatoms. The summed E-state index contributed by atoms with van der Waals surface area (Å²) in [6, 6.07) is 6.14. The molecule has 0 aliphatic carbocycles. The fraction of sp³-hybridized carbons (Fsp3) is 0.263. The van der Waals surface area contributed by atoms with Crippen molar-refractivity contribution in [2.24, 2.45) is 0 Å². The molecule has 6 nitrogen and oxygen atoms in total. The molecule has 1 heterocycles. The van der Waals surface area contributed by atoms with Crippen molar-refractivity contribution in [2.45, 2.75) is 12.3 Å². The van der Waals surface area contributed by atoms with Crippen molar-refractivity contribution in [2.75, 3.05) is 26.8 Å². The van der Waals surface area contributed by atoms with Gasteiger partial charge < -0.3 is 19.5 Å². The molecule has 1 aliphatic heterocycles. The second-order valence-electron chi connectivity index (χ2n) is 6.06. The standard InChI is InChI=1S/C19H19F4N3O3/c1-27-15-8-11(9-16(28-2)17(15)29-3)18-24-6-7-26(18)25-12-4-5-14(20)13(10-12)19(21,22)23/h4-10,18,24-25H,1-3H3. The van der Waals surface area contributed by atoms with Gasteiger partial charge >= 0.3 is 6.18 Å². The van der Waals surface area contributed by atoms with Crippen LogP contribution in [0.3, 0.4) is 0 Å². The molecule has 0 bridgehead atoms. The molecule has 0 saturated heterocycles. The fourth-order valence-electron chi connectivity index (χ4n) is 2.96. The van der Waals surface area contributed by atoms with Gasteiger partial charge in [0.05, 0.1) is 32.6 Å². The number of ether oxygens (including phenoxy) is 3. The van der Waals surface area contributed by atoms with Gasteiger partial charge in [-0.15, -0.1) is 0 Å². The van der Waals surface area contributed by atoms with E-state index in [1.165, 1.54) is 32.4 Å². The van der Waals surface area contributed by atoms with Gasteiger partial charge in [0.15, 0.2) is 11.5 Å². The summed E-state index contributed by atoms with van der Waals surface area (Å²) in [5.74, 6) is -0.0647. The Morgan fingerprint density at radius 1 is 1.00 bits per heavy atom. The number of rotatable bonds is 6. The summed E-state index contributed by atoms with van der Waals surface area (Å²) >= 11 is 0. The molecule has 29 heavy (non-hydrogen) atoms. The van der Waals surface area contributed by atoms with E-state index < -0.39 is 23.7 Å². The van der Waals surface area contributed by atoms with E-state index in [0.29, 0.717) is 28.9 Å². The molecule has 2 N–H and O–H groups in total. The van der Waals surface area contributed by atoms with Gasteiger partial charge in [-0.05, 0) is 30.3 Å². The first-order valence-electron chi connectivity index (χ1n) is 8.43. The van der Waals surface area contributed by atoms with Crippen molar-refractivity contribution in [1.29, 1.82) is 0 Å². The van der Waals surface area contributed by atoms with Gasteiger partial charge in [-0.2, -0.15) is 13.2 Å². The maximum atomic E-state index is 13.5. The second-order valence-corrected chi connectivity index (χ2v) is 6.06. The van der Waals surface area contributed by atoms with Crippen LogP contribution in [0.1, 0.15) is 17.3 Å². The van der Waals surface area contributed by atoms with Crippen LogP contribution < -0.4 is 25.0 Å². The van der Waals surface area contributed by atoms with Gasteiger partial charge in [0.25, 0.3) is 0 Å². The van der Waals surface area contributed by atoms with Crippen LogP contribution in [-0.2, 0) is 6.18 Å². The molecule has 2 aromatic rings. The number of benzene rings is 2. The Labute approximate surface area is 164 Å². The highest BCUT2D eigenvalue weighted by Gasteiger charge is 2.34. The number of hydrazine groups is 1. The second kappa shape index (κ2) is 7.98. The molecule has 1 unspecified atom stereocenters. The molecule has 0 radical (unpaired) electrons. The third-order valence-corrected chi connectivity index (χ3v) is 4.30. The van der Waals surface area contributed by atoms with E-state index in [1.807, 2.05) is 0 Å². The van der Waals surface area contributed by atoms with Gasteiger partial charge in [-0.1, -0.05) is 0 Å². The molecular formula is C19H19F4N3O3. The third-order valence-electron chi connectivity index (χ3n) is 4.30.